The number of hydrogen-bond donors (Lipinski definition) is 1. The molecule has 1 N–H and O–H groups in total. The Hall–Kier alpha value is -1.47. The second kappa shape index (κ2) is 5.87. The van der Waals surface area contributed by atoms with Crippen LogP contribution in [0.25, 0.3) is 0 Å². The summed E-state index contributed by atoms with van der Waals surface area (Å²) in [5.74, 6) is 2.13. The van der Waals surface area contributed by atoms with Crippen molar-refractivity contribution in [3.63, 3.8) is 0 Å². The lowest BCUT2D eigenvalue weighted by Crippen LogP contribution is -2.53. The number of aryl methyl sites for hydroxylation is 1. The van der Waals surface area contributed by atoms with Crippen LogP contribution >= 0.6 is 0 Å². The summed E-state index contributed by atoms with van der Waals surface area (Å²) in [5.41, 5.74) is -0.226. The van der Waals surface area contributed by atoms with Gasteiger partial charge in [0.05, 0.1) is 12.0 Å². The molecule has 3 aliphatic rings. The summed E-state index contributed by atoms with van der Waals surface area (Å²) in [6.45, 7) is 4.79. The molecule has 2 atom stereocenters. The Bertz CT molecular complexity index is 581. The number of nitrogens with one attached hydrogen (secondary N) is 1. The van der Waals surface area contributed by atoms with Gasteiger partial charge in [0.2, 0.25) is 5.91 Å². The number of carbonyl (C=O) groups excluding carboxylic acids is 1. The lowest BCUT2D eigenvalue weighted by atomic mass is 9.73. The zero-order valence-electron chi connectivity index (χ0n) is 13.7. The van der Waals surface area contributed by atoms with Gasteiger partial charge in [-0.2, -0.15) is 0 Å². The van der Waals surface area contributed by atoms with Gasteiger partial charge in [0.15, 0.2) is 0 Å². The van der Waals surface area contributed by atoms with Gasteiger partial charge in [0.25, 0.3) is 0 Å². The monoisotopic (exact) mass is 319 g/mol. The molecule has 1 aromatic rings. The summed E-state index contributed by atoms with van der Waals surface area (Å²) >= 11 is 0. The molecule has 23 heavy (non-hydrogen) atoms. The van der Waals surface area contributed by atoms with E-state index in [0.29, 0.717) is 31.0 Å². The summed E-state index contributed by atoms with van der Waals surface area (Å²) in [4.78, 5) is 15.3. The Morgan fingerprint density at radius 2 is 2.26 bits per heavy atom. The van der Waals surface area contributed by atoms with Crippen LogP contribution in [-0.2, 0) is 16.6 Å². The van der Waals surface area contributed by atoms with E-state index in [1.54, 1.807) is 6.33 Å². The van der Waals surface area contributed by atoms with E-state index >= 15 is 0 Å². The number of amides is 1. The molecule has 7 heteroatoms. The molecule has 126 valence electrons. The van der Waals surface area contributed by atoms with Crippen molar-refractivity contribution in [3.8, 4) is 0 Å². The maximum atomic E-state index is 13.2. The number of carbonyl (C=O) groups is 1. The fourth-order valence-corrected chi connectivity index (χ4v) is 4.47. The number of nitrogens with zero attached hydrogens (tertiary/aromatic N) is 4. The zero-order valence-corrected chi connectivity index (χ0v) is 13.7. The third kappa shape index (κ3) is 2.46. The van der Waals surface area contributed by atoms with Crippen LogP contribution in [0.4, 0.5) is 0 Å². The first-order valence-corrected chi connectivity index (χ1v) is 8.62. The van der Waals surface area contributed by atoms with Crippen molar-refractivity contribution >= 4 is 5.91 Å². The van der Waals surface area contributed by atoms with Gasteiger partial charge >= 0.3 is 0 Å². The Labute approximate surface area is 136 Å². The van der Waals surface area contributed by atoms with Gasteiger partial charge in [-0.05, 0) is 19.3 Å². The molecule has 4 heterocycles. The van der Waals surface area contributed by atoms with Crippen LogP contribution in [0.1, 0.15) is 31.0 Å². The van der Waals surface area contributed by atoms with E-state index < -0.39 is 0 Å². The number of aromatic nitrogens is 3. The fraction of sp³-hybridized carbons (Fsp3) is 0.812. The first kappa shape index (κ1) is 15.1. The third-order valence-electron chi connectivity index (χ3n) is 5.94. The number of fused-ring (bicyclic) bond motifs is 1. The Morgan fingerprint density at radius 1 is 1.43 bits per heavy atom. The summed E-state index contributed by atoms with van der Waals surface area (Å²) in [5, 5.41) is 11.6. The molecule has 0 spiro atoms. The average molecular weight is 319 g/mol. The van der Waals surface area contributed by atoms with Gasteiger partial charge < -0.3 is 19.5 Å². The number of likely N-dealkylation sites (tertiary alicyclic amines) is 1. The standard InChI is InChI=1S/C16H25N5O2/c1-20-11-18-19-14(20)12-2-5-21(6-3-12)15(22)16-4-7-23-9-13(16)8-17-10-16/h11-13,17H,2-10H2,1H3/t13-,16+/m0/s1. The van der Waals surface area contributed by atoms with Crippen LogP contribution in [0.15, 0.2) is 6.33 Å². The van der Waals surface area contributed by atoms with Gasteiger partial charge in [-0.15, -0.1) is 10.2 Å². The van der Waals surface area contributed by atoms with Gasteiger partial charge in [-0.25, -0.2) is 0 Å². The Kier molecular flexibility index (Phi) is 3.85. The topological polar surface area (TPSA) is 72.3 Å². The predicted octanol–water partition coefficient (Wildman–Crippen LogP) is 0.147. The van der Waals surface area contributed by atoms with E-state index in [9.17, 15) is 4.79 Å². The molecular formula is C16H25N5O2. The van der Waals surface area contributed by atoms with Gasteiger partial charge in [-0.3, -0.25) is 4.79 Å². The zero-order chi connectivity index (χ0) is 15.9. The van der Waals surface area contributed by atoms with Crippen molar-refractivity contribution in [2.75, 3.05) is 39.4 Å². The van der Waals surface area contributed by atoms with E-state index in [4.69, 9.17) is 4.74 Å². The van der Waals surface area contributed by atoms with E-state index in [1.807, 2.05) is 11.6 Å². The van der Waals surface area contributed by atoms with E-state index in [2.05, 4.69) is 20.4 Å². The number of hydrogen-bond acceptors (Lipinski definition) is 5. The molecule has 0 radical (unpaired) electrons. The molecule has 3 fully saturated rings. The lowest BCUT2D eigenvalue weighted by Gasteiger charge is -2.42. The number of rotatable bonds is 2. The maximum absolute atomic E-state index is 13.2. The second-order valence-electron chi connectivity index (χ2n) is 7.18. The maximum Gasteiger partial charge on any atom is 0.230 e. The lowest BCUT2D eigenvalue weighted by molar-refractivity contribution is -0.151. The van der Waals surface area contributed by atoms with E-state index in [1.165, 1.54) is 0 Å². The molecule has 1 amide bonds. The quantitative estimate of drug-likeness (QED) is 0.840. The molecule has 4 rings (SSSR count). The summed E-state index contributed by atoms with van der Waals surface area (Å²) in [6, 6.07) is 0. The van der Waals surface area contributed by atoms with Gasteiger partial charge in [0.1, 0.15) is 12.2 Å². The third-order valence-corrected chi connectivity index (χ3v) is 5.94. The highest BCUT2D eigenvalue weighted by Crippen LogP contribution is 2.41. The average Bonchev–Trinajstić information content (AvgIpc) is 3.21. The first-order valence-electron chi connectivity index (χ1n) is 8.62. The van der Waals surface area contributed by atoms with Crippen LogP contribution in [0.3, 0.4) is 0 Å². The van der Waals surface area contributed by atoms with Crippen molar-refractivity contribution in [2.45, 2.75) is 25.2 Å². The van der Waals surface area contributed by atoms with Crippen LogP contribution in [0.2, 0.25) is 0 Å². The molecule has 3 saturated heterocycles. The Morgan fingerprint density at radius 3 is 3.00 bits per heavy atom. The molecule has 0 unspecified atom stereocenters. The highest BCUT2D eigenvalue weighted by Gasteiger charge is 2.52. The fourth-order valence-electron chi connectivity index (χ4n) is 4.47. The minimum atomic E-state index is -0.226. The van der Waals surface area contributed by atoms with E-state index in [-0.39, 0.29) is 5.41 Å². The molecule has 3 aliphatic heterocycles. The van der Waals surface area contributed by atoms with Crippen molar-refractivity contribution in [1.29, 1.82) is 0 Å². The minimum absolute atomic E-state index is 0.226. The van der Waals surface area contributed by atoms with Crippen molar-refractivity contribution in [2.24, 2.45) is 18.4 Å². The Balaban J connectivity index is 1.44. The number of ether oxygens (including phenoxy) is 1. The summed E-state index contributed by atoms with van der Waals surface area (Å²) in [7, 11) is 1.99. The number of piperidine rings is 1. The molecule has 0 bridgehead atoms. The first-order chi connectivity index (χ1) is 11.2. The largest absolute Gasteiger partial charge is 0.381 e. The normalized spacial score (nSPS) is 32.0. The highest BCUT2D eigenvalue weighted by atomic mass is 16.5. The van der Waals surface area contributed by atoms with Gasteiger partial charge in [-0.1, -0.05) is 0 Å². The molecule has 0 saturated carbocycles. The van der Waals surface area contributed by atoms with Crippen LogP contribution < -0.4 is 5.32 Å². The second-order valence-corrected chi connectivity index (χ2v) is 7.18. The van der Waals surface area contributed by atoms with Crippen LogP contribution in [0.5, 0.6) is 0 Å². The predicted molar refractivity (Wildman–Crippen MR) is 83.8 cm³/mol. The molecule has 7 nitrogen and oxygen atoms in total. The van der Waals surface area contributed by atoms with E-state index in [0.717, 1.165) is 51.3 Å². The molecule has 0 aliphatic carbocycles. The van der Waals surface area contributed by atoms with Crippen molar-refractivity contribution in [3.05, 3.63) is 12.2 Å². The summed E-state index contributed by atoms with van der Waals surface area (Å²) < 4.78 is 7.59. The minimum Gasteiger partial charge on any atom is -0.381 e. The summed E-state index contributed by atoms with van der Waals surface area (Å²) in [6.07, 6.45) is 4.56. The van der Waals surface area contributed by atoms with Gasteiger partial charge in [0, 0.05) is 51.7 Å². The van der Waals surface area contributed by atoms with Crippen LogP contribution in [0, 0.1) is 11.3 Å². The van der Waals surface area contributed by atoms with Crippen molar-refractivity contribution < 1.29 is 9.53 Å². The smallest absolute Gasteiger partial charge is 0.230 e. The van der Waals surface area contributed by atoms with Crippen LogP contribution in [-0.4, -0.2) is 65.0 Å². The molecular weight excluding hydrogens is 294 g/mol. The molecule has 1 aromatic heterocycles. The highest BCUT2D eigenvalue weighted by molar-refractivity contribution is 5.84. The molecule has 0 aromatic carbocycles. The van der Waals surface area contributed by atoms with Crippen molar-refractivity contribution in [1.82, 2.24) is 25.0 Å². The SMILES string of the molecule is Cn1cnnc1C1CCN(C(=O)[C@@]23CCOC[C@@H]2CNC3)CC1.